The second kappa shape index (κ2) is 7.28. The predicted molar refractivity (Wildman–Crippen MR) is 106 cm³/mol. The first-order valence-corrected chi connectivity index (χ1v) is 15.0. The summed E-state index contributed by atoms with van der Waals surface area (Å²) in [6.45, 7) is 24.9. The van der Waals surface area contributed by atoms with Gasteiger partial charge in [0.1, 0.15) is 0 Å². The highest BCUT2D eigenvalue weighted by Crippen LogP contribution is 2.38. The van der Waals surface area contributed by atoms with E-state index in [0.29, 0.717) is 12.1 Å². The first-order chi connectivity index (χ1) is 10.2. The van der Waals surface area contributed by atoms with Crippen molar-refractivity contribution in [2.45, 2.75) is 103 Å². The zero-order valence-corrected chi connectivity index (χ0v) is 19.3. The lowest BCUT2D eigenvalue weighted by Gasteiger charge is -2.37. The first-order valence-electron chi connectivity index (χ1n) is 9.20. The molecule has 0 amide bonds. The third-order valence-electron chi connectivity index (χ3n) is 6.24. The smallest absolute Gasteiger partial charge is 0.192 e. The Morgan fingerprint density at radius 3 is 1.30 bits per heavy atom. The van der Waals surface area contributed by atoms with Gasteiger partial charge in [-0.1, -0.05) is 41.5 Å². The van der Waals surface area contributed by atoms with Crippen LogP contribution in [0.2, 0.25) is 36.3 Å². The molecule has 1 aliphatic rings. The Balaban J connectivity index is 2.40. The molecule has 2 atom stereocenters. The van der Waals surface area contributed by atoms with Crippen LogP contribution in [-0.2, 0) is 8.85 Å². The summed E-state index contributed by atoms with van der Waals surface area (Å²) in [7, 11) is -3.26. The summed E-state index contributed by atoms with van der Waals surface area (Å²) in [5, 5.41) is 4.31. The van der Waals surface area contributed by atoms with Crippen LogP contribution < -0.4 is 5.32 Å². The summed E-state index contributed by atoms with van der Waals surface area (Å²) in [5.41, 5.74) is 0. The van der Waals surface area contributed by atoms with Gasteiger partial charge < -0.3 is 14.2 Å². The Morgan fingerprint density at radius 2 is 1.04 bits per heavy atom. The van der Waals surface area contributed by atoms with Crippen LogP contribution in [0.15, 0.2) is 0 Å². The van der Waals surface area contributed by atoms with Crippen molar-refractivity contribution >= 4 is 16.6 Å². The predicted octanol–water partition coefficient (Wildman–Crippen LogP) is 5.15. The minimum Gasteiger partial charge on any atom is -0.415 e. The molecule has 23 heavy (non-hydrogen) atoms. The van der Waals surface area contributed by atoms with Crippen molar-refractivity contribution in [1.29, 1.82) is 0 Å². The van der Waals surface area contributed by atoms with Gasteiger partial charge in [0.25, 0.3) is 0 Å². The lowest BCUT2D eigenvalue weighted by atomic mass is 10.2. The molecule has 0 saturated carbocycles. The fourth-order valence-electron chi connectivity index (χ4n) is 2.22. The van der Waals surface area contributed by atoms with Crippen molar-refractivity contribution in [3.8, 4) is 0 Å². The maximum Gasteiger partial charge on any atom is 0.192 e. The summed E-state index contributed by atoms with van der Waals surface area (Å²) in [4.78, 5) is 0. The standard InChI is InChI=1S/C18H41NO2Si2/c1-17(2,3)22(7,8)20-13-15-11-12-16(19-15)14-21-23(9,10)18(4,5)6/h15-16,19H,11-14H2,1-10H3/t15-,16-/m1/s1. The summed E-state index contributed by atoms with van der Waals surface area (Å²) in [5.74, 6) is 0. The molecule has 0 radical (unpaired) electrons. The van der Waals surface area contributed by atoms with Gasteiger partial charge in [0, 0.05) is 25.3 Å². The van der Waals surface area contributed by atoms with E-state index in [0.717, 1.165) is 13.2 Å². The van der Waals surface area contributed by atoms with E-state index >= 15 is 0 Å². The van der Waals surface area contributed by atoms with Gasteiger partial charge >= 0.3 is 0 Å². The van der Waals surface area contributed by atoms with Crippen LogP contribution in [0.4, 0.5) is 0 Å². The van der Waals surface area contributed by atoms with E-state index in [4.69, 9.17) is 8.85 Å². The Hall–Kier alpha value is 0.314. The largest absolute Gasteiger partial charge is 0.415 e. The molecule has 3 nitrogen and oxygen atoms in total. The fourth-order valence-corrected chi connectivity index (χ4v) is 4.32. The molecule has 1 heterocycles. The van der Waals surface area contributed by atoms with Gasteiger partial charge in [-0.2, -0.15) is 0 Å². The molecule has 0 unspecified atom stereocenters. The lowest BCUT2D eigenvalue weighted by molar-refractivity contribution is 0.228. The molecule has 1 aliphatic heterocycles. The van der Waals surface area contributed by atoms with Gasteiger partial charge in [0.2, 0.25) is 0 Å². The average Bonchev–Trinajstić information content (AvgIpc) is 2.79. The van der Waals surface area contributed by atoms with E-state index in [1.54, 1.807) is 0 Å². The first kappa shape index (κ1) is 21.4. The van der Waals surface area contributed by atoms with E-state index in [1.165, 1.54) is 12.8 Å². The molecule has 5 heteroatoms. The van der Waals surface area contributed by atoms with Gasteiger partial charge in [-0.15, -0.1) is 0 Å². The van der Waals surface area contributed by atoms with E-state index in [-0.39, 0.29) is 10.1 Å². The third kappa shape index (κ3) is 5.96. The SMILES string of the molecule is CC(C)(C)[Si](C)(C)OC[C@H]1CC[C@H](CO[Si](C)(C)C(C)(C)C)N1. The maximum atomic E-state index is 6.37. The van der Waals surface area contributed by atoms with Crippen LogP contribution in [0.25, 0.3) is 0 Å². The van der Waals surface area contributed by atoms with Crippen molar-refractivity contribution < 1.29 is 8.85 Å². The molecular weight excluding hydrogens is 318 g/mol. The number of nitrogens with one attached hydrogen (secondary N) is 1. The van der Waals surface area contributed by atoms with Crippen molar-refractivity contribution in [1.82, 2.24) is 5.32 Å². The van der Waals surface area contributed by atoms with Crippen molar-refractivity contribution in [2.24, 2.45) is 0 Å². The van der Waals surface area contributed by atoms with Gasteiger partial charge in [0.15, 0.2) is 16.6 Å². The van der Waals surface area contributed by atoms with Crippen LogP contribution >= 0.6 is 0 Å². The Morgan fingerprint density at radius 1 is 0.739 bits per heavy atom. The highest BCUT2D eigenvalue weighted by molar-refractivity contribution is 6.74. The Labute approximate surface area is 147 Å². The van der Waals surface area contributed by atoms with Gasteiger partial charge in [-0.25, -0.2) is 0 Å². The molecule has 0 aliphatic carbocycles. The second-order valence-corrected chi connectivity index (χ2v) is 19.9. The van der Waals surface area contributed by atoms with Crippen molar-refractivity contribution in [3.63, 3.8) is 0 Å². The molecule has 0 aromatic rings. The molecule has 1 saturated heterocycles. The maximum absolute atomic E-state index is 6.37. The zero-order valence-electron chi connectivity index (χ0n) is 17.3. The van der Waals surface area contributed by atoms with Gasteiger partial charge in [-0.05, 0) is 49.1 Å². The van der Waals surface area contributed by atoms with E-state index in [9.17, 15) is 0 Å². The summed E-state index contributed by atoms with van der Waals surface area (Å²) < 4.78 is 12.7. The van der Waals surface area contributed by atoms with Gasteiger partial charge in [-0.3, -0.25) is 0 Å². The monoisotopic (exact) mass is 359 g/mol. The molecule has 0 spiro atoms. The fraction of sp³-hybridized carbons (Fsp3) is 1.00. The van der Waals surface area contributed by atoms with Gasteiger partial charge in [0.05, 0.1) is 0 Å². The summed E-state index contributed by atoms with van der Waals surface area (Å²) in [6, 6.07) is 0.995. The van der Waals surface area contributed by atoms with Crippen LogP contribution in [0.3, 0.4) is 0 Å². The minimum absolute atomic E-state index is 0.288. The topological polar surface area (TPSA) is 30.5 Å². The van der Waals surface area contributed by atoms with E-state index in [1.807, 2.05) is 0 Å². The highest BCUT2D eigenvalue weighted by Gasteiger charge is 2.40. The average molecular weight is 360 g/mol. The quantitative estimate of drug-likeness (QED) is 0.665. The number of hydrogen-bond donors (Lipinski definition) is 1. The third-order valence-corrected chi connectivity index (χ3v) is 15.2. The van der Waals surface area contributed by atoms with Crippen LogP contribution in [0.1, 0.15) is 54.4 Å². The summed E-state index contributed by atoms with van der Waals surface area (Å²) >= 11 is 0. The molecule has 0 aromatic carbocycles. The molecule has 0 bridgehead atoms. The Bertz CT molecular complexity index is 347. The van der Waals surface area contributed by atoms with Crippen LogP contribution in [0, 0.1) is 0 Å². The molecular formula is C18H41NO2Si2. The van der Waals surface area contributed by atoms with Crippen LogP contribution in [0.5, 0.6) is 0 Å². The van der Waals surface area contributed by atoms with Crippen molar-refractivity contribution in [3.05, 3.63) is 0 Å². The second-order valence-electron chi connectivity index (χ2n) is 10.3. The zero-order chi connectivity index (χ0) is 18.1. The molecule has 1 fully saturated rings. The highest BCUT2D eigenvalue weighted by atomic mass is 28.4. The molecule has 138 valence electrons. The normalized spacial score (nSPS) is 24.3. The summed E-state index contributed by atoms with van der Waals surface area (Å²) in [6.07, 6.45) is 2.42. The lowest BCUT2D eigenvalue weighted by Crippen LogP contribution is -2.46. The van der Waals surface area contributed by atoms with E-state index < -0.39 is 16.6 Å². The van der Waals surface area contributed by atoms with E-state index in [2.05, 4.69) is 73.0 Å². The van der Waals surface area contributed by atoms with Crippen molar-refractivity contribution in [2.75, 3.05) is 13.2 Å². The number of hydrogen-bond acceptors (Lipinski definition) is 3. The molecule has 0 aromatic heterocycles. The molecule has 1 N–H and O–H groups in total. The minimum atomic E-state index is -1.63. The number of rotatable bonds is 6. The molecule has 1 rings (SSSR count). The van der Waals surface area contributed by atoms with Crippen LogP contribution in [-0.4, -0.2) is 41.9 Å². The Kier molecular flexibility index (Phi) is 6.76.